The topological polar surface area (TPSA) is 186 Å². The van der Waals surface area contributed by atoms with Crippen molar-refractivity contribution in [2.75, 3.05) is 0 Å². The Balaban J connectivity index is 0.00000214. The minimum atomic E-state index is -1.47. The van der Waals surface area contributed by atoms with Crippen molar-refractivity contribution in [3.05, 3.63) is 106 Å². The second-order valence-electron chi connectivity index (χ2n) is 36.4. The molecule has 0 radical (unpaired) electrons. The molecule has 4 rings (SSSR count). The molecule has 0 saturated heterocycles. The number of carbonyl (C=O) groups excluding carboxylic acids is 2. The van der Waals surface area contributed by atoms with Crippen LogP contribution in [0.3, 0.4) is 0 Å². The molecule has 0 spiro atoms. The Morgan fingerprint density at radius 1 is 0.246 bits per heavy atom. The normalized spacial score (nSPS) is 11.6. The van der Waals surface area contributed by atoms with E-state index in [1.807, 2.05) is 13.8 Å². The number of unbranched alkanes of at least 4 members (excludes halogenated alkanes) is 65. The van der Waals surface area contributed by atoms with Gasteiger partial charge in [-0.05, 0) is 123 Å². The summed E-state index contributed by atoms with van der Waals surface area (Å²) >= 11 is 0. The van der Waals surface area contributed by atoms with Gasteiger partial charge in [-0.3, -0.25) is 9.98 Å². The van der Waals surface area contributed by atoms with Crippen molar-refractivity contribution in [3.63, 3.8) is 0 Å². The molecular formula is C111H188N2NiO8. The Morgan fingerprint density at radius 2 is 0.451 bits per heavy atom. The first-order valence-electron chi connectivity index (χ1n) is 52.2. The van der Waals surface area contributed by atoms with Crippen molar-refractivity contribution in [1.29, 1.82) is 0 Å². The SMILES string of the molecule is CCCCCCCCCCCCCCCCCCCCCCCCCc1cccc(N=C(CCCC)C(CCCCCCCCCCCCCCCCCCCCCCC)=Nc2cccc(CCCCCCCCCCCCCCCCCCCCCCCCC)c2)c1.CCCc1ccc(O)c(O)c1C(=O)[O-].CCCc1ccc(O)c(O)c1C(=O)[O-].[Ni+2]. The van der Waals surface area contributed by atoms with Crippen molar-refractivity contribution < 1.29 is 56.7 Å². The average Bonchev–Trinajstić information content (AvgIpc) is 0.834. The van der Waals surface area contributed by atoms with Gasteiger partial charge in [-0.15, -0.1) is 0 Å². The van der Waals surface area contributed by atoms with Crippen molar-refractivity contribution in [1.82, 2.24) is 0 Å². The molecule has 0 aliphatic rings. The minimum absolute atomic E-state index is 0. The third-order valence-corrected chi connectivity index (χ3v) is 25.0. The predicted molar refractivity (Wildman–Crippen MR) is 521 cm³/mol. The second-order valence-corrected chi connectivity index (χ2v) is 36.4. The predicted octanol–water partition coefficient (Wildman–Crippen LogP) is 34.2. The van der Waals surface area contributed by atoms with Gasteiger partial charge in [0.1, 0.15) is 0 Å². The first kappa shape index (κ1) is 115. The molecule has 0 saturated carbocycles. The molecule has 4 aromatic carbocycles. The number of phenols is 4. The van der Waals surface area contributed by atoms with Crippen LogP contribution >= 0.6 is 0 Å². The third kappa shape index (κ3) is 64.6. The largest absolute Gasteiger partial charge is 2.00 e. The zero-order chi connectivity index (χ0) is 87.6. The van der Waals surface area contributed by atoms with Gasteiger partial charge in [0.2, 0.25) is 0 Å². The first-order valence-corrected chi connectivity index (χ1v) is 52.2. The zero-order valence-corrected chi connectivity index (χ0v) is 81.0. The minimum Gasteiger partial charge on any atom is -0.545 e. The Bertz CT molecular complexity index is 3030. The van der Waals surface area contributed by atoms with Crippen LogP contribution in [0, 0.1) is 0 Å². The number of carboxylic acids is 2. The van der Waals surface area contributed by atoms with E-state index in [0.29, 0.717) is 24.0 Å². The van der Waals surface area contributed by atoms with Crippen LogP contribution in [0.15, 0.2) is 82.8 Å². The zero-order valence-electron chi connectivity index (χ0n) is 80.0. The summed E-state index contributed by atoms with van der Waals surface area (Å²) in [6.07, 6.45) is 105. The smallest absolute Gasteiger partial charge is 0.545 e. The van der Waals surface area contributed by atoms with E-state index in [4.69, 9.17) is 20.2 Å². The number of carboxylic acid groups (broad SMARTS) is 2. The quantitative estimate of drug-likeness (QED) is 0.0146. The summed E-state index contributed by atoms with van der Waals surface area (Å²) in [5.74, 6) is -5.05. The Morgan fingerprint density at radius 3 is 0.664 bits per heavy atom. The van der Waals surface area contributed by atoms with E-state index in [1.54, 1.807) is 0 Å². The van der Waals surface area contributed by atoms with Gasteiger partial charge in [0.05, 0.1) is 34.7 Å². The summed E-state index contributed by atoms with van der Waals surface area (Å²) in [6.45, 7) is 13.1. The van der Waals surface area contributed by atoms with Gasteiger partial charge in [0.25, 0.3) is 0 Å². The number of rotatable bonds is 82. The van der Waals surface area contributed by atoms with E-state index in [2.05, 4.69) is 76.2 Å². The van der Waals surface area contributed by atoms with Crippen LogP contribution in [0.1, 0.15) is 553 Å². The van der Waals surface area contributed by atoms with Crippen LogP contribution in [-0.4, -0.2) is 43.8 Å². The van der Waals surface area contributed by atoms with Gasteiger partial charge in [-0.25, -0.2) is 0 Å². The van der Waals surface area contributed by atoms with E-state index in [9.17, 15) is 30.0 Å². The van der Waals surface area contributed by atoms with Crippen LogP contribution in [0.4, 0.5) is 11.4 Å². The third-order valence-electron chi connectivity index (χ3n) is 25.0. The molecule has 0 aliphatic heterocycles. The van der Waals surface area contributed by atoms with Crippen LogP contribution in [0.2, 0.25) is 0 Å². The maximum absolute atomic E-state index is 10.7. The molecular weight excluding hydrogens is 1550 g/mol. The summed E-state index contributed by atoms with van der Waals surface area (Å²) in [7, 11) is 0. The summed E-state index contributed by atoms with van der Waals surface area (Å²) < 4.78 is 0. The number of aromatic hydroxyl groups is 4. The first-order chi connectivity index (χ1) is 59.3. The van der Waals surface area contributed by atoms with E-state index in [-0.39, 0.29) is 27.6 Å². The number of hydrogen-bond acceptors (Lipinski definition) is 10. The molecule has 0 aliphatic carbocycles. The number of aromatic carboxylic acids is 2. The van der Waals surface area contributed by atoms with Crippen LogP contribution < -0.4 is 10.2 Å². The molecule has 0 fully saturated rings. The van der Waals surface area contributed by atoms with Gasteiger partial charge in [0.15, 0.2) is 23.0 Å². The molecule has 10 nitrogen and oxygen atoms in total. The number of carbonyl (C=O) groups is 2. The second kappa shape index (κ2) is 85.3. The molecule has 4 N–H and O–H groups in total. The summed E-state index contributed by atoms with van der Waals surface area (Å²) in [5.41, 5.74) is 7.99. The molecule has 0 bridgehead atoms. The summed E-state index contributed by atoms with van der Waals surface area (Å²) in [6, 6.07) is 24.1. The van der Waals surface area contributed by atoms with E-state index >= 15 is 0 Å². The van der Waals surface area contributed by atoms with Crippen molar-refractivity contribution in [2.45, 2.75) is 536 Å². The average molecular weight is 1740 g/mol. The maximum atomic E-state index is 10.7. The molecule has 122 heavy (non-hydrogen) atoms. The van der Waals surface area contributed by atoms with Crippen molar-refractivity contribution in [3.8, 4) is 23.0 Å². The maximum Gasteiger partial charge on any atom is 2.00 e. The van der Waals surface area contributed by atoms with Crippen molar-refractivity contribution in [2.24, 2.45) is 9.98 Å². The number of hydrogen-bond donors (Lipinski definition) is 4. The van der Waals surface area contributed by atoms with E-state index in [1.165, 1.54) is 496 Å². The van der Waals surface area contributed by atoms with E-state index in [0.717, 1.165) is 43.5 Å². The molecule has 0 aromatic heterocycles. The Hall–Kier alpha value is -5.15. The van der Waals surface area contributed by atoms with Gasteiger partial charge in [-0.1, -0.05) is 508 Å². The Kier molecular flexibility index (Phi) is 80.3. The summed E-state index contributed by atoms with van der Waals surface area (Å²) in [4.78, 5) is 32.5. The number of aryl methyl sites for hydroxylation is 4. The molecule has 0 heterocycles. The van der Waals surface area contributed by atoms with E-state index < -0.39 is 34.9 Å². The van der Waals surface area contributed by atoms with Crippen LogP contribution in [-0.2, 0) is 42.2 Å². The number of phenolic OH excluding ortho intramolecular Hbond substituents is 2. The molecule has 11 heteroatoms. The van der Waals surface area contributed by atoms with Crippen LogP contribution in [0.25, 0.3) is 0 Å². The van der Waals surface area contributed by atoms with Crippen molar-refractivity contribution >= 4 is 34.7 Å². The van der Waals surface area contributed by atoms with Crippen LogP contribution in [0.5, 0.6) is 23.0 Å². The number of nitrogens with zero attached hydrogens (tertiary/aromatic N) is 2. The van der Waals surface area contributed by atoms with Gasteiger partial charge >= 0.3 is 16.5 Å². The molecule has 0 unspecified atom stereocenters. The monoisotopic (exact) mass is 1740 g/mol. The fourth-order valence-electron chi connectivity index (χ4n) is 17.4. The fourth-order valence-corrected chi connectivity index (χ4v) is 17.4. The van der Waals surface area contributed by atoms with Gasteiger partial charge < -0.3 is 40.2 Å². The summed E-state index contributed by atoms with van der Waals surface area (Å²) in [5, 5.41) is 58.2. The molecule has 700 valence electrons. The molecule has 4 aromatic rings. The van der Waals surface area contributed by atoms with Gasteiger partial charge in [0, 0.05) is 11.1 Å². The van der Waals surface area contributed by atoms with Gasteiger partial charge in [-0.2, -0.15) is 0 Å². The molecule has 0 atom stereocenters. The fraction of sp³-hybridized carbons (Fsp3) is 0.748. The number of benzene rings is 4. The molecule has 0 amide bonds. The standard InChI is InChI=1S/C91H166N2.2C10H12O4.Ni/c1-5-9-13-16-19-22-25-28-31-34-37-40-42-45-47-50-53-56-59-62-65-68-71-76-86-78-74-80-88(84-86)92-90(82-12-8-4)91(83-73-70-67-64-61-58-55-52-49-44-39-36-33-30-27-24-21-18-15-11-7-3)93-89-81-75-79-87(85-89)77-72-69-66-63-60-57-54-51-48-46-43-41-38-35-32-29-26-23-20-17-14-10-6-2;2*1-2-3-6-4-5-7(11)9(12)8(6)10(13)14;/h74-75,78-81,84-85H,5-73,76-77,82-83H2,1-4H3;2*4-5,11-12H,2-3H2,1H3,(H,13,14);/q;;;+2/p-2. The Labute approximate surface area is 761 Å². The number of aliphatic imine (C=N–C) groups is 2.